The first-order valence-electron chi connectivity index (χ1n) is 6.59. The van der Waals surface area contributed by atoms with Gasteiger partial charge in [-0.25, -0.2) is 0 Å². The summed E-state index contributed by atoms with van der Waals surface area (Å²) in [6.07, 6.45) is 1.20. The Bertz CT molecular complexity index is 962. The van der Waals surface area contributed by atoms with Crippen molar-refractivity contribution in [3.63, 3.8) is 0 Å². The van der Waals surface area contributed by atoms with Gasteiger partial charge in [0.05, 0.1) is 0 Å². The molecule has 0 aromatic heterocycles. The van der Waals surface area contributed by atoms with Crippen LogP contribution in [-0.2, 0) is 26.7 Å². The minimum Gasteiger partial charge on any atom is -0.457 e. The van der Waals surface area contributed by atoms with E-state index in [4.69, 9.17) is 4.74 Å². The molecule has 0 fully saturated rings. The first-order chi connectivity index (χ1) is 11.1. The molecule has 9 heteroatoms. The van der Waals surface area contributed by atoms with Crippen molar-refractivity contribution in [2.75, 3.05) is 0 Å². The lowest BCUT2D eigenvalue weighted by Crippen LogP contribution is -2.12. The van der Waals surface area contributed by atoms with Crippen LogP contribution in [0.2, 0.25) is 0 Å². The van der Waals surface area contributed by atoms with E-state index in [0.29, 0.717) is 5.75 Å². The van der Waals surface area contributed by atoms with Crippen LogP contribution < -0.4 is 4.74 Å². The molecule has 0 heterocycles. The highest BCUT2D eigenvalue weighted by Gasteiger charge is 2.29. The molecule has 0 amide bonds. The number of rotatable bonds is 6. The zero-order valence-corrected chi connectivity index (χ0v) is 13.9. The third kappa shape index (κ3) is 4.01. The van der Waals surface area contributed by atoms with Crippen molar-refractivity contribution in [3.8, 4) is 11.5 Å². The van der Waals surface area contributed by atoms with Crippen LogP contribution in [0, 0.1) is 0 Å². The van der Waals surface area contributed by atoms with Crippen molar-refractivity contribution >= 4 is 20.2 Å². The Morgan fingerprint density at radius 2 is 1.58 bits per heavy atom. The molecule has 7 nitrogen and oxygen atoms in total. The van der Waals surface area contributed by atoms with Crippen molar-refractivity contribution < 1.29 is 30.7 Å². The fourth-order valence-corrected chi connectivity index (χ4v) is 4.17. The predicted molar refractivity (Wildman–Crippen MR) is 86.5 cm³/mol. The molecule has 24 heavy (non-hydrogen) atoms. The molecular weight excluding hydrogens is 356 g/mol. The maximum absolute atomic E-state index is 11.7. The molecule has 0 aliphatic carbocycles. The molecule has 0 atom stereocenters. The monoisotopic (exact) mass is 370 g/mol. The van der Waals surface area contributed by atoms with Gasteiger partial charge in [0.25, 0.3) is 20.2 Å². The van der Waals surface area contributed by atoms with E-state index in [9.17, 15) is 25.9 Å². The molecule has 128 valence electrons. The van der Waals surface area contributed by atoms with Crippen LogP contribution in [0.3, 0.4) is 0 Å². The Morgan fingerprint density at radius 1 is 0.958 bits per heavy atom. The smallest absolute Gasteiger partial charge is 0.296 e. The molecule has 0 saturated carbocycles. The molecule has 2 N–H and O–H groups in total. The van der Waals surface area contributed by atoms with Crippen molar-refractivity contribution in [1.29, 1.82) is 0 Å². The maximum atomic E-state index is 11.7. The van der Waals surface area contributed by atoms with Crippen LogP contribution in [0.1, 0.15) is 5.56 Å². The van der Waals surface area contributed by atoms with Gasteiger partial charge in [-0.05, 0) is 30.7 Å². The Kier molecular flexibility index (Phi) is 5.09. The van der Waals surface area contributed by atoms with Crippen LogP contribution in [-0.4, -0.2) is 25.9 Å². The van der Waals surface area contributed by atoms with Gasteiger partial charge >= 0.3 is 0 Å². The van der Waals surface area contributed by atoms with Gasteiger partial charge in [0.1, 0.15) is 21.3 Å². The van der Waals surface area contributed by atoms with Gasteiger partial charge in [-0.1, -0.05) is 24.3 Å². The number of ether oxygens (including phenoxy) is 1. The van der Waals surface area contributed by atoms with E-state index in [2.05, 4.69) is 6.58 Å². The summed E-state index contributed by atoms with van der Waals surface area (Å²) in [6.45, 7) is 3.48. The normalized spacial score (nSPS) is 11.9. The number of benzene rings is 2. The highest BCUT2D eigenvalue weighted by Crippen LogP contribution is 2.35. The van der Waals surface area contributed by atoms with Gasteiger partial charge in [0.15, 0.2) is 0 Å². The van der Waals surface area contributed by atoms with Crippen LogP contribution in [0.5, 0.6) is 11.5 Å². The topological polar surface area (TPSA) is 118 Å². The van der Waals surface area contributed by atoms with E-state index in [1.165, 1.54) is 12.1 Å². The standard InChI is InChI=1S/C15H14O7S2/c1-2-6-12-13(22-11-7-4-3-5-8-11)9-10-14(23(16,17)18)15(12)24(19,20)21/h2-5,7-10H,1,6H2,(H,16,17,18)(H,19,20,21). The second-order valence-electron chi connectivity index (χ2n) is 4.73. The summed E-state index contributed by atoms with van der Waals surface area (Å²) in [5.41, 5.74) is -0.133. The van der Waals surface area contributed by atoms with E-state index in [1.54, 1.807) is 30.3 Å². The summed E-state index contributed by atoms with van der Waals surface area (Å²) < 4.78 is 70.5. The van der Waals surface area contributed by atoms with E-state index >= 15 is 0 Å². The molecule has 0 saturated heterocycles. The fourth-order valence-electron chi connectivity index (χ4n) is 2.12. The maximum Gasteiger partial charge on any atom is 0.296 e. The lowest BCUT2D eigenvalue weighted by Gasteiger charge is -2.15. The highest BCUT2D eigenvalue weighted by atomic mass is 32.2. The van der Waals surface area contributed by atoms with Gasteiger partial charge in [0, 0.05) is 5.56 Å². The summed E-state index contributed by atoms with van der Waals surface area (Å²) >= 11 is 0. The fraction of sp³-hybridized carbons (Fsp3) is 0.0667. The predicted octanol–water partition coefficient (Wildman–Crippen LogP) is 2.70. The van der Waals surface area contributed by atoms with E-state index < -0.39 is 30.0 Å². The van der Waals surface area contributed by atoms with Crippen LogP contribution >= 0.6 is 0 Å². The number of allylic oxidation sites excluding steroid dienone is 1. The summed E-state index contributed by atoms with van der Waals surface area (Å²) in [7, 11) is -9.83. The highest BCUT2D eigenvalue weighted by molar-refractivity contribution is 7.89. The minimum atomic E-state index is -4.95. The SMILES string of the molecule is C=CCc1c(Oc2ccccc2)ccc(S(=O)(=O)O)c1S(=O)(=O)O. The third-order valence-electron chi connectivity index (χ3n) is 3.04. The molecule has 0 unspecified atom stereocenters. The summed E-state index contributed by atoms with van der Waals surface area (Å²) in [5.74, 6) is 0.393. The molecule has 0 aliphatic rings. The van der Waals surface area contributed by atoms with Crippen molar-refractivity contribution in [1.82, 2.24) is 0 Å². The quantitative estimate of drug-likeness (QED) is 0.593. The largest absolute Gasteiger partial charge is 0.457 e. The number of hydrogen-bond donors (Lipinski definition) is 2. The number of para-hydroxylation sites is 1. The molecule has 0 aliphatic heterocycles. The zero-order chi connectivity index (χ0) is 18.0. The van der Waals surface area contributed by atoms with Gasteiger partial charge in [-0.2, -0.15) is 16.8 Å². The second kappa shape index (κ2) is 6.73. The summed E-state index contributed by atoms with van der Waals surface area (Å²) in [6, 6.07) is 10.4. The van der Waals surface area contributed by atoms with Gasteiger partial charge in [-0.3, -0.25) is 9.11 Å². The van der Waals surface area contributed by atoms with Crippen LogP contribution in [0.4, 0.5) is 0 Å². The Balaban J connectivity index is 2.76. The lowest BCUT2D eigenvalue weighted by atomic mass is 10.1. The lowest BCUT2D eigenvalue weighted by molar-refractivity contribution is 0.455. The molecule has 0 spiro atoms. The first-order valence-corrected chi connectivity index (χ1v) is 9.47. The molecule has 2 aromatic carbocycles. The Labute approximate surface area is 139 Å². The van der Waals surface area contributed by atoms with Gasteiger partial charge in [-0.15, -0.1) is 6.58 Å². The minimum absolute atomic E-state index is 0.0149. The second-order valence-corrected chi connectivity index (χ2v) is 7.48. The molecular formula is C15H14O7S2. The van der Waals surface area contributed by atoms with Crippen LogP contribution in [0.25, 0.3) is 0 Å². The summed E-state index contributed by atoms with van der Waals surface area (Å²) in [4.78, 5) is -1.86. The Morgan fingerprint density at radius 3 is 2.08 bits per heavy atom. The van der Waals surface area contributed by atoms with Crippen molar-refractivity contribution in [2.45, 2.75) is 16.2 Å². The van der Waals surface area contributed by atoms with E-state index in [1.807, 2.05) is 0 Å². The van der Waals surface area contributed by atoms with Gasteiger partial charge in [0.2, 0.25) is 0 Å². The first kappa shape index (κ1) is 18.1. The third-order valence-corrected chi connectivity index (χ3v) is 5.04. The van der Waals surface area contributed by atoms with Crippen LogP contribution in [0.15, 0.2) is 64.9 Å². The summed E-state index contributed by atoms with van der Waals surface area (Å²) in [5, 5.41) is 0. The molecule has 2 rings (SSSR count). The van der Waals surface area contributed by atoms with Gasteiger partial charge < -0.3 is 4.74 Å². The molecule has 0 bridgehead atoms. The van der Waals surface area contributed by atoms with E-state index in [-0.39, 0.29) is 17.7 Å². The number of hydrogen-bond acceptors (Lipinski definition) is 5. The van der Waals surface area contributed by atoms with Crippen molar-refractivity contribution in [2.24, 2.45) is 0 Å². The average molecular weight is 370 g/mol. The van der Waals surface area contributed by atoms with Crippen molar-refractivity contribution in [3.05, 3.63) is 60.7 Å². The molecule has 2 aromatic rings. The Hall–Kier alpha value is -2.20. The zero-order valence-electron chi connectivity index (χ0n) is 12.3. The van der Waals surface area contributed by atoms with E-state index in [0.717, 1.165) is 6.07 Å². The molecule has 0 radical (unpaired) electrons. The average Bonchev–Trinajstić information content (AvgIpc) is 2.47.